The number of aryl methyl sites for hydroxylation is 2. The quantitative estimate of drug-likeness (QED) is 0.444. The third-order valence-corrected chi connectivity index (χ3v) is 7.87. The third kappa shape index (κ3) is 5.35. The summed E-state index contributed by atoms with van der Waals surface area (Å²) in [5, 5.41) is 18.9. The molecule has 2 N–H and O–H groups in total. The highest BCUT2D eigenvalue weighted by Crippen LogP contribution is 2.33. The van der Waals surface area contributed by atoms with Gasteiger partial charge in [0.05, 0.1) is 12.7 Å². The fourth-order valence-electron chi connectivity index (χ4n) is 4.38. The summed E-state index contributed by atoms with van der Waals surface area (Å²) >= 11 is 0. The summed E-state index contributed by atoms with van der Waals surface area (Å²) in [5.74, 6) is -0.368. The molecule has 1 aromatic heterocycles. The Morgan fingerprint density at radius 3 is 2.58 bits per heavy atom. The number of nitrogens with zero attached hydrogens (tertiary/aromatic N) is 5. The Morgan fingerprint density at radius 1 is 1.25 bits per heavy atom. The van der Waals surface area contributed by atoms with Gasteiger partial charge in [0, 0.05) is 55.9 Å². The highest BCUT2D eigenvalue weighted by atomic mass is 32.2. The fourth-order valence-corrected chi connectivity index (χ4v) is 5.71. The second-order valence-electron chi connectivity index (χ2n) is 8.80. The normalized spacial score (nSPS) is 17.2. The number of anilines is 2. The first-order chi connectivity index (χ1) is 17.1. The Kier molecular flexibility index (Phi) is 7.29. The Bertz CT molecular complexity index is 1390. The van der Waals surface area contributed by atoms with Crippen LogP contribution in [0.1, 0.15) is 29.7 Å². The molecule has 10 nitrogen and oxygen atoms in total. The van der Waals surface area contributed by atoms with Gasteiger partial charge in [-0.25, -0.2) is 12.8 Å². The van der Waals surface area contributed by atoms with Crippen molar-refractivity contribution in [2.75, 3.05) is 31.5 Å². The van der Waals surface area contributed by atoms with Gasteiger partial charge in [-0.1, -0.05) is 0 Å². The van der Waals surface area contributed by atoms with Crippen LogP contribution in [0.5, 0.6) is 0 Å². The number of Topliss-reactive ketones (excluding diaryl/α,β-unsaturated/α-hetero) is 1. The van der Waals surface area contributed by atoms with Crippen LogP contribution in [0.3, 0.4) is 0 Å². The molecule has 12 heteroatoms. The van der Waals surface area contributed by atoms with Crippen molar-refractivity contribution in [3.05, 3.63) is 65.1 Å². The molecule has 2 heterocycles. The lowest BCUT2D eigenvalue weighted by atomic mass is 9.94. The third-order valence-electron chi connectivity index (χ3n) is 6.14. The minimum absolute atomic E-state index is 0.0234. The van der Waals surface area contributed by atoms with Gasteiger partial charge in [-0.05, 0) is 61.4 Å². The summed E-state index contributed by atoms with van der Waals surface area (Å²) < 4.78 is 41.2. The molecule has 36 heavy (non-hydrogen) atoms. The number of nitrogens with one attached hydrogen (secondary N) is 2. The molecule has 0 spiro atoms. The first-order valence-corrected chi connectivity index (χ1v) is 12.8. The van der Waals surface area contributed by atoms with Crippen LogP contribution >= 0.6 is 0 Å². The maximum Gasteiger partial charge on any atom is 0.264 e. The van der Waals surface area contributed by atoms with Crippen LogP contribution in [0, 0.1) is 18.2 Å². The zero-order valence-corrected chi connectivity index (χ0v) is 21.1. The summed E-state index contributed by atoms with van der Waals surface area (Å²) in [7, 11) is -2.32. The number of hydrogen-bond acceptors (Lipinski definition) is 8. The van der Waals surface area contributed by atoms with Crippen molar-refractivity contribution < 1.29 is 17.6 Å². The van der Waals surface area contributed by atoms with Crippen molar-refractivity contribution in [2.45, 2.75) is 24.9 Å². The molecular weight excluding hydrogens is 485 g/mol. The smallest absolute Gasteiger partial charge is 0.264 e. The van der Waals surface area contributed by atoms with E-state index in [1.807, 2.05) is 24.0 Å². The summed E-state index contributed by atoms with van der Waals surface area (Å²) in [6, 6.07) is 9.22. The van der Waals surface area contributed by atoms with E-state index < -0.39 is 16.1 Å². The topological polar surface area (TPSA) is 124 Å². The molecule has 0 amide bonds. The minimum atomic E-state index is -3.88. The van der Waals surface area contributed by atoms with Gasteiger partial charge in [0.1, 0.15) is 11.6 Å². The molecular formula is C24H28FN7O3S. The van der Waals surface area contributed by atoms with Crippen LogP contribution in [0.25, 0.3) is 0 Å². The predicted octanol–water partition coefficient (Wildman–Crippen LogP) is 2.64. The number of halogens is 1. The van der Waals surface area contributed by atoms with E-state index in [4.69, 9.17) is 5.41 Å². The molecule has 0 aliphatic carbocycles. The van der Waals surface area contributed by atoms with Gasteiger partial charge < -0.3 is 10.7 Å². The summed E-state index contributed by atoms with van der Waals surface area (Å²) in [6.07, 6.45) is 2.43. The SMILES string of the molecule is CC(=O)CN1CCN(S(=O)(=O)c2cnn(C)n2)C[C@H]1c1cc(C=N)c(Nc2ccc(F)cc2)cc1C. The van der Waals surface area contributed by atoms with Gasteiger partial charge >= 0.3 is 0 Å². The van der Waals surface area contributed by atoms with E-state index in [-0.39, 0.29) is 36.3 Å². The zero-order valence-electron chi connectivity index (χ0n) is 20.3. The van der Waals surface area contributed by atoms with Crippen molar-refractivity contribution in [1.82, 2.24) is 24.2 Å². The Morgan fingerprint density at radius 2 is 1.97 bits per heavy atom. The maximum atomic E-state index is 13.3. The van der Waals surface area contributed by atoms with Crippen LogP contribution in [-0.2, 0) is 21.9 Å². The number of rotatable bonds is 8. The van der Waals surface area contributed by atoms with E-state index in [9.17, 15) is 17.6 Å². The number of ketones is 1. The highest BCUT2D eigenvalue weighted by molar-refractivity contribution is 7.89. The molecule has 1 atom stereocenters. The van der Waals surface area contributed by atoms with Crippen molar-refractivity contribution in [2.24, 2.45) is 7.05 Å². The van der Waals surface area contributed by atoms with Crippen LogP contribution in [0.4, 0.5) is 15.8 Å². The lowest BCUT2D eigenvalue weighted by Crippen LogP contribution is -2.51. The number of aromatic nitrogens is 3. The zero-order chi connectivity index (χ0) is 26.0. The maximum absolute atomic E-state index is 13.3. The van der Waals surface area contributed by atoms with Gasteiger partial charge in [-0.15, -0.1) is 5.10 Å². The number of carbonyl (C=O) groups excluding carboxylic acids is 1. The Balaban J connectivity index is 1.69. The van der Waals surface area contributed by atoms with E-state index in [2.05, 4.69) is 15.5 Å². The molecule has 0 saturated carbocycles. The monoisotopic (exact) mass is 513 g/mol. The molecule has 0 unspecified atom stereocenters. The molecule has 0 radical (unpaired) electrons. The van der Waals surface area contributed by atoms with E-state index >= 15 is 0 Å². The lowest BCUT2D eigenvalue weighted by Gasteiger charge is -2.41. The average Bonchev–Trinajstić information content (AvgIpc) is 3.28. The second-order valence-corrected chi connectivity index (χ2v) is 10.7. The van der Waals surface area contributed by atoms with Crippen LogP contribution in [0.2, 0.25) is 0 Å². The van der Waals surface area contributed by atoms with Gasteiger partial charge in [-0.3, -0.25) is 9.69 Å². The van der Waals surface area contributed by atoms with Crippen LogP contribution in [0.15, 0.2) is 47.6 Å². The molecule has 190 valence electrons. The van der Waals surface area contributed by atoms with Gasteiger partial charge in [0.15, 0.2) is 0 Å². The molecule has 4 rings (SSSR count). The van der Waals surface area contributed by atoms with Gasteiger partial charge in [0.25, 0.3) is 10.0 Å². The van der Waals surface area contributed by atoms with Crippen molar-refractivity contribution in [3.8, 4) is 0 Å². The van der Waals surface area contributed by atoms with E-state index in [1.54, 1.807) is 19.2 Å². The van der Waals surface area contributed by atoms with E-state index in [1.165, 1.54) is 40.6 Å². The highest BCUT2D eigenvalue weighted by Gasteiger charge is 2.37. The Labute approximate surface area is 209 Å². The first-order valence-electron chi connectivity index (χ1n) is 11.4. The van der Waals surface area contributed by atoms with Crippen molar-refractivity contribution in [3.63, 3.8) is 0 Å². The number of benzene rings is 2. The van der Waals surface area contributed by atoms with Crippen molar-refractivity contribution >= 4 is 33.4 Å². The average molecular weight is 514 g/mol. The van der Waals surface area contributed by atoms with Gasteiger partial charge in [0.2, 0.25) is 5.03 Å². The summed E-state index contributed by atoms with van der Waals surface area (Å²) in [4.78, 5) is 15.2. The number of carbonyl (C=O) groups is 1. The largest absolute Gasteiger partial charge is 0.355 e. The summed E-state index contributed by atoms with van der Waals surface area (Å²) in [5.41, 5.74) is 3.59. The standard InChI is InChI=1S/C24H28FN7O3S/c1-16-10-22(28-20-6-4-19(25)5-7-20)18(12-26)11-21(16)23-15-32(9-8-31(23)14-17(2)33)36(34,35)24-13-27-30(3)29-24/h4-7,10-13,23,26,28H,8-9,14-15H2,1-3H3/t23-/m0/s1. The minimum Gasteiger partial charge on any atom is -0.355 e. The van der Waals surface area contributed by atoms with Crippen LogP contribution < -0.4 is 5.32 Å². The van der Waals surface area contributed by atoms with E-state index in [0.29, 0.717) is 23.5 Å². The number of hydrogen-bond donors (Lipinski definition) is 2. The fraction of sp³-hybridized carbons (Fsp3) is 0.333. The molecule has 1 fully saturated rings. The van der Waals surface area contributed by atoms with Crippen LogP contribution in [-0.4, -0.2) is 70.8 Å². The molecule has 0 bridgehead atoms. The summed E-state index contributed by atoms with van der Waals surface area (Å²) in [6.45, 7) is 4.28. The lowest BCUT2D eigenvalue weighted by molar-refractivity contribution is -0.119. The molecule has 3 aromatic rings. The predicted molar refractivity (Wildman–Crippen MR) is 134 cm³/mol. The first kappa shape index (κ1) is 25.6. The Hall–Kier alpha value is -3.48. The van der Waals surface area contributed by atoms with Gasteiger partial charge in [-0.2, -0.15) is 14.2 Å². The second kappa shape index (κ2) is 10.2. The van der Waals surface area contributed by atoms with E-state index in [0.717, 1.165) is 11.1 Å². The molecule has 1 aliphatic heterocycles. The number of piperazine rings is 1. The molecule has 1 aliphatic rings. The molecule has 1 saturated heterocycles. The number of sulfonamides is 1. The van der Waals surface area contributed by atoms with Crippen molar-refractivity contribution in [1.29, 1.82) is 5.41 Å². The molecule has 2 aromatic carbocycles.